The molecule has 3 aromatic rings. The summed E-state index contributed by atoms with van der Waals surface area (Å²) in [5, 5.41) is 11.7. The number of hydrogen-bond donors (Lipinski definition) is 2. The third-order valence-corrected chi connectivity index (χ3v) is 4.73. The SMILES string of the molecule is O=C(NC(CF)(Cc1cn(C(=O)OCc2ccccc2)cn1)C(=O)O)OCc1ccccc1. The Labute approximate surface area is 188 Å². The number of imidazole rings is 1. The van der Waals surface area contributed by atoms with Crippen LogP contribution in [0.25, 0.3) is 0 Å². The van der Waals surface area contributed by atoms with E-state index in [4.69, 9.17) is 9.47 Å². The van der Waals surface area contributed by atoms with Gasteiger partial charge in [0.1, 0.15) is 26.2 Å². The standard InChI is InChI=1S/C23H22FN3O6/c24-15-23(20(28)29,26-21(30)32-13-17-7-3-1-4-8-17)11-19-12-27(16-25-19)22(31)33-14-18-9-5-2-6-10-18/h1-10,12,16H,11,13-15H2,(H,26,30)(H,28,29). The molecule has 1 heterocycles. The van der Waals surface area contributed by atoms with Gasteiger partial charge < -0.3 is 19.9 Å². The van der Waals surface area contributed by atoms with Crippen molar-refractivity contribution in [3.8, 4) is 0 Å². The van der Waals surface area contributed by atoms with Crippen LogP contribution >= 0.6 is 0 Å². The van der Waals surface area contributed by atoms with Gasteiger partial charge in [0, 0.05) is 12.6 Å². The highest BCUT2D eigenvalue weighted by Gasteiger charge is 2.42. The van der Waals surface area contributed by atoms with Gasteiger partial charge in [0.05, 0.1) is 5.69 Å². The Kier molecular flexibility index (Phi) is 7.74. The molecule has 0 aliphatic rings. The van der Waals surface area contributed by atoms with Gasteiger partial charge in [-0.05, 0) is 11.1 Å². The molecule has 0 saturated carbocycles. The molecule has 0 spiro atoms. The van der Waals surface area contributed by atoms with E-state index < -0.39 is 36.8 Å². The van der Waals surface area contributed by atoms with Crippen LogP contribution in [-0.2, 0) is 33.9 Å². The normalized spacial score (nSPS) is 12.4. The quantitative estimate of drug-likeness (QED) is 0.508. The number of ether oxygens (including phenoxy) is 2. The van der Waals surface area contributed by atoms with E-state index in [0.717, 1.165) is 16.5 Å². The van der Waals surface area contributed by atoms with Gasteiger partial charge in [0.15, 0.2) is 5.54 Å². The molecule has 0 aliphatic heterocycles. The van der Waals surface area contributed by atoms with Crippen molar-refractivity contribution < 1.29 is 33.4 Å². The predicted octanol–water partition coefficient (Wildman–Crippen LogP) is 3.33. The molecule has 33 heavy (non-hydrogen) atoms. The monoisotopic (exact) mass is 455 g/mol. The first-order valence-electron chi connectivity index (χ1n) is 9.94. The Morgan fingerprint density at radius 3 is 2.09 bits per heavy atom. The molecular weight excluding hydrogens is 433 g/mol. The number of nitrogens with one attached hydrogen (secondary N) is 1. The van der Waals surface area contributed by atoms with Crippen LogP contribution in [0.2, 0.25) is 0 Å². The highest BCUT2D eigenvalue weighted by Crippen LogP contribution is 2.16. The van der Waals surface area contributed by atoms with Crippen molar-refractivity contribution in [2.45, 2.75) is 25.2 Å². The number of amides is 1. The summed E-state index contributed by atoms with van der Waals surface area (Å²) in [5.74, 6) is -1.61. The summed E-state index contributed by atoms with van der Waals surface area (Å²) in [6, 6.07) is 17.7. The number of alkyl halides is 1. The Hall–Kier alpha value is -4.21. The number of nitrogens with zero attached hydrogens (tertiary/aromatic N) is 2. The van der Waals surface area contributed by atoms with Crippen LogP contribution in [0.1, 0.15) is 16.8 Å². The highest BCUT2D eigenvalue weighted by molar-refractivity contribution is 5.85. The van der Waals surface area contributed by atoms with E-state index in [2.05, 4.69) is 10.3 Å². The van der Waals surface area contributed by atoms with Crippen LogP contribution in [0, 0.1) is 0 Å². The van der Waals surface area contributed by atoms with Crippen LogP contribution in [-0.4, -0.2) is 45.0 Å². The number of hydrogen-bond acceptors (Lipinski definition) is 6. The summed E-state index contributed by atoms with van der Waals surface area (Å²) < 4.78 is 25.1. The van der Waals surface area contributed by atoms with Crippen molar-refractivity contribution in [2.75, 3.05) is 6.67 Å². The molecule has 9 nitrogen and oxygen atoms in total. The number of carboxylic acids is 1. The molecule has 1 amide bonds. The third kappa shape index (κ3) is 6.39. The van der Waals surface area contributed by atoms with Crippen molar-refractivity contribution in [1.29, 1.82) is 0 Å². The van der Waals surface area contributed by atoms with E-state index in [-0.39, 0.29) is 18.9 Å². The van der Waals surface area contributed by atoms with E-state index in [1.165, 1.54) is 6.20 Å². The van der Waals surface area contributed by atoms with Crippen molar-refractivity contribution in [3.63, 3.8) is 0 Å². The Morgan fingerprint density at radius 2 is 1.55 bits per heavy atom. The van der Waals surface area contributed by atoms with E-state index in [1.807, 2.05) is 6.07 Å². The second-order valence-electron chi connectivity index (χ2n) is 7.20. The van der Waals surface area contributed by atoms with Gasteiger partial charge >= 0.3 is 18.2 Å². The van der Waals surface area contributed by atoms with Gasteiger partial charge in [-0.3, -0.25) is 0 Å². The second-order valence-corrected chi connectivity index (χ2v) is 7.20. The second kappa shape index (κ2) is 10.9. The number of carbonyl (C=O) groups is 3. The summed E-state index contributed by atoms with van der Waals surface area (Å²) in [6.45, 7) is -1.50. The number of aliphatic carboxylic acids is 1. The van der Waals surface area contributed by atoms with Crippen molar-refractivity contribution in [1.82, 2.24) is 14.9 Å². The van der Waals surface area contributed by atoms with Gasteiger partial charge in [0.25, 0.3) is 0 Å². The number of aromatic nitrogens is 2. The van der Waals surface area contributed by atoms with Crippen LogP contribution in [0.15, 0.2) is 73.2 Å². The van der Waals surface area contributed by atoms with E-state index in [1.54, 1.807) is 54.6 Å². The van der Waals surface area contributed by atoms with E-state index in [9.17, 15) is 23.9 Å². The Bertz CT molecular complexity index is 1090. The fourth-order valence-electron chi connectivity index (χ4n) is 2.92. The lowest BCUT2D eigenvalue weighted by molar-refractivity contribution is -0.145. The minimum atomic E-state index is -2.32. The number of benzene rings is 2. The molecule has 0 fully saturated rings. The van der Waals surface area contributed by atoms with Crippen LogP contribution in [0.4, 0.5) is 14.0 Å². The summed E-state index contributed by atoms with van der Waals surface area (Å²) in [5.41, 5.74) is -0.788. The summed E-state index contributed by atoms with van der Waals surface area (Å²) in [6.07, 6.45) is -0.00784. The predicted molar refractivity (Wildman–Crippen MR) is 114 cm³/mol. The average Bonchev–Trinajstić information content (AvgIpc) is 3.30. The van der Waals surface area contributed by atoms with Crippen LogP contribution < -0.4 is 5.32 Å². The number of halogens is 1. The van der Waals surface area contributed by atoms with Gasteiger partial charge in [0.2, 0.25) is 0 Å². The zero-order valence-electron chi connectivity index (χ0n) is 17.5. The smallest absolute Gasteiger partial charge is 0.419 e. The molecule has 3 rings (SSSR count). The largest absolute Gasteiger partial charge is 0.479 e. The van der Waals surface area contributed by atoms with Crippen LogP contribution in [0.5, 0.6) is 0 Å². The molecule has 0 bridgehead atoms. The number of alkyl carbamates (subject to hydrolysis) is 1. The van der Waals surface area contributed by atoms with Gasteiger partial charge in [-0.15, -0.1) is 0 Å². The molecule has 1 aromatic heterocycles. The van der Waals surface area contributed by atoms with E-state index >= 15 is 0 Å². The van der Waals surface area contributed by atoms with Crippen LogP contribution in [0.3, 0.4) is 0 Å². The van der Waals surface area contributed by atoms with Crippen molar-refractivity contribution in [3.05, 3.63) is 90.0 Å². The minimum absolute atomic E-state index is 0.0333. The first-order chi connectivity index (χ1) is 15.9. The van der Waals surface area contributed by atoms with Gasteiger partial charge in [-0.1, -0.05) is 60.7 Å². The first kappa shape index (κ1) is 23.5. The number of rotatable bonds is 9. The topological polar surface area (TPSA) is 120 Å². The van der Waals surface area contributed by atoms with E-state index in [0.29, 0.717) is 5.56 Å². The molecule has 2 aromatic carbocycles. The summed E-state index contributed by atoms with van der Waals surface area (Å²) >= 11 is 0. The molecule has 10 heteroatoms. The maximum absolute atomic E-state index is 13.9. The highest BCUT2D eigenvalue weighted by atomic mass is 19.1. The lowest BCUT2D eigenvalue weighted by Gasteiger charge is -2.26. The summed E-state index contributed by atoms with van der Waals surface area (Å²) in [4.78, 5) is 40.2. The number of carbonyl (C=O) groups excluding carboxylic acids is 2. The molecule has 2 N–H and O–H groups in total. The van der Waals surface area contributed by atoms with Crippen molar-refractivity contribution >= 4 is 18.2 Å². The summed E-state index contributed by atoms with van der Waals surface area (Å²) in [7, 11) is 0. The van der Waals surface area contributed by atoms with Crippen molar-refractivity contribution in [2.24, 2.45) is 0 Å². The molecular formula is C23H22FN3O6. The van der Waals surface area contributed by atoms with Gasteiger partial charge in [-0.25, -0.2) is 28.3 Å². The lowest BCUT2D eigenvalue weighted by atomic mass is 9.95. The fourth-order valence-corrected chi connectivity index (χ4v) is 2.92. The zero-order valence-corrected chi connectivity index (χ0v) is 17.5. The minimum Gasteiger partial charge on any atom is -0.479 e. The maximum atomic E-state index is 13.9. The molecule has 1 unspecified atom stereocenters. The number of carboxylic acid groups (broad SMARTS) is 1. The van der Waals surface area contributed by atoms with Gasteiger partial charge in [-0.2, -0.15) is 0 Å². The Morgan fingerprint density at radius 1 is 0.970 bits per heavy atom. The first-order valence-corrected chi connectivity index (χ1v) is 9.94. The average molecular weight is 455 g/mol. The fraction of sp³-hybridized carbons (Fsp3) is 0.217. The zero-order chi connectivity index (χ0) is 23.7. The Balaban J connectivity index is 1.62. The molecule has 172 valence electrons. The maximum Gasteiger partial charge on any atom is 0.419 e. The third-order valence-electron chi connectivity index (χ3n) is 4.73. The molecule has 0 aliphatic carbocycles. The lowest BCUT2D eigenvalue weighted by Crippen LogP contribution is -2.58. The molecule has 1 atom stereocenters. The molecule has 0 saturated heterocycles. The molecule has 0 radical (unpaired) electrons.